The maximum absolute atomic E-state index is 11.5. The van der Waals surface area contributed by atoms with E-state index in [9.17, 15) is 4.79 Å². The second-order valence-corrected chi connectivity index (χ2v) is 6.46. The molecule has 23 heavy (non-hydrogen) atoms. The molecule has 1 amide bonds. The summed E-state index contributed by atoms with van der Waals surface area (Å²) in [7, 11) is 2.18. The Balaban J connectivity index is 0.00000264. The summed E-state index contributed by atoms with van der Waals surface area (Å²) in [6, 6.07) is 0. The number of nitrogens with one attached hydrogen (secondary N) is 3. The predicted octanol–water partition coefficient (Wildman–Crippen LogP) is 1.03. The molecule has 0 aromatic rings. The maximum Gasteiger partial charge on any atom is 0.223 e. The van der Waals surface area contributed by atoms with Gasteiger partial charge in [0.25, 0.3) is 0 Å². The molecular weight excluding hydrogens is 405 g/mol. The molecule has 0 radical (unpaired) electrons. The number of hydrogen-bond donors (Lipinski definition) is 3. The van der Waals surface area contributed by atoms with E-state index >= 15 is 0 Å². The standard InChI is InChI=1S/C16H31N5O.HI/c1-3-17-16(19-9-8-18-15(22)14-4-5-14)20-12-13-6-10-21(2)11-7-13;/h13-14H,3-12H2,1-2H3,(H,18,22)(H2,17,19,20);1H. The average Bonchev–Trinajstić information content (AvgIpc) is 3.35. The van der Waals surface area contributed by atoms with Crippen LogP contribution in [0.4, 0.5) is 0 Å². The third kappa shape index (κ3) is 8.19. The molecule has 134 valence electrons. The van der Waals surface area contributed by atoms with Crippen molar-refractivity contribution in [3.05, 3.63) is 0 Å². The first-order valence-corrected chi connectivity index (χ1v) is 8.67. The molecule has 0 unspecified atom stereocenters. The highest BCUT2D eigenvalue weighted by Gasteiger charge is 2.28. The van der Waals surface area contributed by atoms with Crippen molar-refractivity contribution in [2.75, 3.05) is 46.3 Å². The molecule has 2 rings (SSSR count). The zero-order valence-electron chi connectivity index (χ0n) is 14.4. The fraction of sp³-hybridized carbons (Fsp3) is 0.875. The molecule has 2 aliphatic rings. The summed E-state index contributed by atoms with van der Waals surface area (Å²) in [6.07, 6.45) is 4.58. The summed E-state index contributed by atoms with van der Waals surface area (Å²) in [4.78, 5) is 18.6. The highest BCUT2D eigenvalue weighted by atomic mass is 127. The SMILES string of the molecule is CCNC(=NCC1CCN(C)CC1)NCCNC(=O)C1CC1.I. The molecule has 0 aromatic carbocycles. The molecule has 6 nitrogen and oxygen atoms in total. The Morgan fingerprint density at radius 1 is 1.09 bits per heavy atom. The summed E-state index contributed by atoms with van der Waals surface area (Å²) in [5.41, 5.74) is 0. The summed E-state index contributed by atoms with van der Waals surface area (Å²) in [5.74, 6) is 2.05. The van der Waals surface area contributed by atoms with Crippen molar-refractivity contribution in [2.24, 2.45) is 16.8 Å². The molecule has 1 heterocycles. The van der Waals surface area contributed by atoms with Crippen LogP contribution in [0, 0.1) is 11.8 Å². The Hall–Kier alpha value is -0.570. The summed E-state index contributed by atoms with van der Waals surface area (Å²) in [5, 5.41) is 9.53. The molecule has 0 aromatic heterocycles. The van der Waals surface area contributed by atoms with Crippen molar-refractivity contribution in [3.8, 4) is 0 Å². The number of piperidine rings is 1. The summed E-state index contributed by atoms with van der Waals surface area (Å²) < 4.78 is 0. The number of amides is 1. The number of carbonyl (C=O) groups excluding carboxylic acids is 1. The molecule has 1 aliphatic carbocycles. The normalized spacial score (nSPS) is 19.8. The van der Waals surface area contributed by atoms with Gasteiger partial charge < -0.3 is 20.9 Å². The van der Waals surface area contributed by atoms with E-state index in [-0.39, 0.29) is 35.8 Å². The lowest BCUT2D eigenvalue weighted by atomic mass is 9.97. The Bertz CT molecular complexity index is 379. The monoisotopic (exact) mass is 437 g/mol. The van der Waals surface area contributed by atoms with E-state index in [4.69, 9.17) is 0 Å². The van der Waals surface area contributed by atoms with Crippen molar-refractivity contribution < 1.29 is 4.79 Å². The van der Waals surface area contributed by atoms with Gasteiger partial charge in [-0.3, -0.25) is 9.79 Å². The second kappa shape index (κ2) is 11.1. The van der Waals surface area contributed by atoms with Crippen LogP contribution in [-0.2, 0) is 4.79 Å². The van der Waals surface area contributed by atoms with E-state index in [1.807, 2.05) is 0 Å². The lowest BCUT2D eigenvalue weighted by Gasteiger charge is -2.28. The Morgan fingerprint density at radius 2 is 1.74 bits per heavy atom. The molecule has 1 saturated heterocycles. The number of aliphatic imine (C=N–C) groups is 1. The van der Waals surface area contributed by atoms with Gasteiger partial charge in [-0.2, -0.15) is 0 Å². The van der Waals surface area contributed by atoms with E-state index in [1.54, 1.807) is 0 Å². The average molecular weight is 437 g/mol. The number of guanidine groups is 1. The van der Waals surface area contributed by atoms with Crippen molar-refractivity contribution in [1.29, 1.82) is 0 Å². The van der Waals surface area contributed by atoms with Crippen molar-refractivity contribution in [2.45, 2.75) is 32.6 Å². The topological polar surface area (TPSA) is 68.8 Å². The van der Waals surface area contributed by atoms with Crippen LogP contribution in [0.3, 0.4) is 0 Å². The molecule has 2 fully saturated rings. The van der Waals surface area contributed by atoms with Crippen LogP contribution >= 0.6 is 24.0 Å². The molecular formula is C16H32IN5O. The van der Waals surface area contributed by atoms with Crippen LogP contribution in [0.15, 0.2) is 4.99 Å². The molecule has 7 heteroatoms. The first-order valence-electron chi connectivity index (χ1n) is 8.67. The highest BCUT2D eigenvalue weighted by Crippen LogP contribution is 2.28. The molecule has 1 saturated carbocycles. The molecule has 0 spiro atoms. The predicted molar refractivity (Wildman–Crippen MR) is 105 cm³/mol. The minimum Gasteiger partial charge on any atom is -0.357 e. The van der Waals surface area contributed by atoms with E-state index < -0.39 is 0 Å². The minimum atomic E-state index is 0. The van der Waals surface area contributed by atoms with Gasteiger partial charge in [0.15, 0.2) is 5.96 Å². The summed E-state index contributed by atoms with van der Waals surface area (Å²) in [6.45, 7) is 7.55. The van der Waals surface area contributed by atoms with Crippen molar-refractivity contribution in [1.82, 2.24) is 20.9 Å². The fourth-order valence-electron chi connectivity index (χ4n) is 2.66. The van der Waals surface area contributed by atoms with Crippen LogP contribution in [0.5, 0.6) is 0 Å². The third-order valence-electron chi connectivity index (χ3n) is 4.35. The summed E-state index contributed by atoms with van der Waals surface area (Å²) >= 11 is 0. The number of likely N-dealkylation sites (tertiary alicyclic amines) is 1. The Labute approximate surface area is 157 Å². The van der Waals surface area contributed by atoms with Gasteiger partial charge in [0, 0.05) is 32.1 Å². The van der Waals surface area contributed by atoms with Gasteiger partial charge >= 0.3 is 0 Å². The van der Waals surface area contributed by atoms with E-state index in [1.165, 1.54) is 25.9 Å². The number of nitrogens with zero attached hydrogens (tertiary/aromatic N) is 2. The number of carbonyl (C=O) groups is 1. The van der Waals surface area contributed by atoms with Gasteiger partial charge in [-0.05, 0) is 58.7 Å². The van der Waals surface area contributed by atoms with Gasteiger partial charge in [0.05, 0.1) is 0 Å². The number of halogens is 1. The highest BCUT2D eigenvalue weighted by molar-refractivity contribution is 14.0. The van der Waals surface area contributed by atoms with Crippen molar-refractivity contribution in [3.63, 3.8) is 0 Å². The zero-order valence-corrected chi connectivity index (χ0v) is 16.8. The van der Waals surface area contributed by atoms with Crippen molar-refractivity contribution >= 4 is 35.8 Å². The van der Waals surface area contributed by atoms with Crippen LogP contribution in [0.25, 0.3) is 0 Å². The molecule has 0 atom stereocenters. The second-order valence-electron chi connectivity index (χ2n) is 6.46. The van der Waals surface area contributed by atoms with Crippen LogP contribution in [0.2, 0.25) is 0 Å². The van der Waals surface area contributed by atoms with Crippen LogP contribution < -0.4 is 16.0 Å². The maximum atomic E-state index is 11.5. The van der Waals surface area contributed by atoms with Gasteiger partial charge in [-0.25, -0.2) is 0 Å². The largest absolute Gasteiger partial charge is 0.357 e. The lowest BCUT2D eigenvalue weighted by Crippen LogP contribution is -2.42. The van der Waals surface area contributed by atoms with E-state index in [0.717, 1.165) is 38.4 Å². The van der Waals surface area contributed by atoms with Gasteiger partial charge in [0.1, 0.15) is 0 Å². The molecule has 0 bridgehead atoms. The van der Waals surface area contributed by atoms with E-state index in [2.05, 4.69) is 39.8 Å². The fourth-order valence-corrected chi connectivity index (χ4v) is 2.66. The molecule has 3 N–H and O–H groups in total. The first kappa shape index (κ1) is 20.5. The first-order chi connectivity index (χ1) is 10.7. The van der Waals surface area contributed by atoms with E-state index in [0.29, 0.717) is 12.5 Å². The quantitative estimate of drug-likeness (QED) is 0.241. The smallest absolute Gasteiger partial charge is 0.223 e. The van der Waals surface area contributed by atoms with Crippen LogP contribution in [-0.4, -0.2) is 63.1 Å². The third-order valence-corrected chi connectivity index (χ3v) is 4.35. The Kier molecular flexibility index (Phi) is 9.85. The minimum absolute atomic E-state index is 0. The molecule has 1 aliphatic heterocycles. The van der Waals surface area contributed by atoms with Crippen LogP contribution in [0.1, 0.15) is 32.6 Å². The zero-order chi connectivity index (χ0) is 15.8. The van der Waals surface area contributed by atoms with Gasteiger partial charge in [-0.1, -0.05) is 0 Å². The number of rotatable bonds is 7. The van der Waals surface area contributed by atoms with Gasteiger partial charge in [-0.15, -0.1) is 24.0 Å². The van der Waals surface area contributed by atoms with Gasteiger partial charge in [0.2, 0.25) is 5.91 Å². The Morgan fingerprint density at radius 3 is 2.35 bits per heavy atom. The number of hydrogen-bond acceptors (Lipinski definition) is 3. The lowest BCUT2D eigenvalue weighted by molar-refractivity contribution is -0.122.